The molecule has 0 radical (unpaired) electrons. The maximum atomic E-state index is 6.08. The van der Waals surface area contributed by atoms with Crippen molar-refractivity contribution in [3.05, 3.63) is 35.4 Å². The third-order valence-electron chi connectivity index (χ3n) is 4.13. The first kappa shape index (κ1) is 13.6. The quantitative estimate of drug-likeness (QED) is 0.885. The van der Waals surface area contributed by atoms with Crippen molar-refractivity contribution in [2.45, 2.75) is 58.2 Å². The first-order valence-electron chi connectivity index (χ1n) is 7.30. The van der Waals surface area contributed by atoms with E-state index in [-0.39, 0.29) is 0 Å². The molecule has 100 valence electrons. The molecule has 0 aromatic heterocycles. The Bertz CT molecular complexity index is 375. The molecule has 2 N–H and O–H groups in total. The van der Waals surface area contributed by atoms with E-state index in [1.165, 1.54) is 17.5 Å². The van der Waals surface area contributed by atoms with Crippen LogP contribution in [0.1, 0.15) is 44.2 Å². The van der Waals surface area contributed by atoms with Gasteiger partial charge in [0.05, 0.1) is 0 Å². The Hall–Kier alpha value is -0.860. The zero-order chi connectivity index (χ0) is 13.0. The second-order valence-electron chi connectivity index (χ2n) is 5.49. The number of nitrogens with two attached hydrogens (primary N) is 1. The van der Waals surface area contributed by atoms with Gasteiger partial charge in [0.25, 0.3) is 0 Å². The average molecular weight is 246 g/mol. The minimum absolute atomic E-state index is 0.410. The summed E-state index contributed by atoms with van der Waals surface area (Å²) in [6.45, 7) is 6.72. The fourth-order valence-electron chi connectivity index (χ4n) is 2.95. The van der Waals surface area contributed by atoms with E-state index in [0.717, 1.165) is 32.4 Å². The van der Waals surface area contributed by atoms with Crippen LogP contribution < -0.4 is 5.73 Å². The van der Waals surface area contributed by atoms with Gasteiger partial charge in [-0.15, -0.1) is 0 Å². The predicted molar refractivity (Wildman–Crippen MR) is 77.5 cm³/mol. The largest absolute Gasteiger partial charge is 0.328 e. The van der Waals surface area contributed by atoms with E-state index in [1.54, 1.807) is 0 Å². The first-order valence-corrected chi connectivity index (χ1v) is 7.30. The molecule has 2 unspecified atom stereocenters. The van der Waals surface area contributed by atoms with Crippen molar-refractivity contribution < 1.29 is 0 Å². The van der Waals surface area contributed by atoms with Crippen LogP contribution in [0.4, 0.5) is 0 Å². The highest BCUT2D eigenvalue weighted by molar-refractivity contribution is 5.23. The van der Waals surface area contributed by atoms with Gasteiger partial charge in [-0.25, -0.2) is 0 Å². The van der Waals surface area contributed by atoms with Crippen molar-refractivity contribution >= 4 is 0 Å². The Kier molecular flexibility index (Phi) is 4.79. The SMILES string of the molecule is CCc1cccc(CN2CCC(N)CC2CC)c1. The molecule has 0 bridgehead atoms. The van der Waals surface area contributed by atoms with Crippen LogP contribution in [0.5, 0.6) is 0 Å². The van der Waals surface area contributed by atoms with E-state index in [1.807, 2.05) is 0 Å². The summed E-state index contributed by atoms with van der Waals surface area (Å²) >= 11 is 0. The molecule has 1 aromatic rings. The van der Waals surface area contributed by atoms with Crippen LogP contribution in [-0.2, 0) is 13.0 Å². The Morgan fingerprint density at radius 1 is 1.28 bits per heavy atom. The molecule has 2 heteroatoms. The molecule has 2 rings (SSSR count). The standard InChI is InChI=1S/C16H26N2/c1-3-13-6-5-7-14(10-13)12-18-9-8-15(17)11-16(18)4-2/h5-7,10,15-16H,3-4,8-9,11-12,17H2,1-2H3. The fraction of sp³-hybridized carbons (Fsp3) is 0.625. The van der Waals surface area contributed by atoms with Crippen LogP contribution in [0.3, 0.4) is 0 Å². The molecule has 0 spiro atoms. The van der Waals surface area contributed by atoms with Gasteiger partial charge in [0.2, 0.25) is 0 Å². The van der Waals surface area contributed by atoms with Crippen LogP contribution in [0, 0.1) is 0 Å². The molecule has 1 aromatic carbocycles. The van der Waals surface area contributed by atoms with Crippen LogP contribution in [0.25, 0.3) is 0 Å². The molecule has 0 saturated carbocycles. The smallest absolute Gasteiger partial charge is 0.0236 e. The molecule has 1 fully saturated rings. The minimum Gasteiger partial charge on any atom is -0.328 e. The van der Waals surface area contributed by atoms with Gasteiger partial charge >= 0.3 is 0 Å². The van der Waals surface area contributed by atoms with Crippen molar-refractivity contribution in [2.75, 3.05) is 6.54 Å². The maximum absolute atomic E-state index is 6.08. The summed E-state index contributed by atoms with van der Waals surface area (Å²) in [5.74, 6) is 0. The fourth-order valence-corrected chi connectivity index (χ4v) is 2.95. The van der Waals surface area contributed by atoms with Gasteiger partial charge in [0.1, 0.15) is 0 Å². The Balaban J connectivity index is 2.02. The van der Waals surface area contributed by atoms with Gasteiger partial charge in [-0.3, -0.25) is 4.90 Å². The summed E-state index contributed by atoms with van der Waals surface area (Å²) in [6.07, 6.45) is 4.63. The van der Waals surface area contributed by atoms with E-state index < -0.39 is 0 Å². The van der Waals surface area contributed by atoms with Crippen LogP contribution in [0.15, 0.2) is 24.3 Å². The second kappa shape index (κ2) is 6.35. The molecular weight excluding hydrogens is 220 g/mol. The molecule has 1 heterocycles. The summed E-state index contributed by atoms with van der Waals surface area (Å²) < 4.78 is 0. The number of aryl methyl sites for hydroxylation is 1. The summed E-state index contributed by atoms with van der Waals surface area (Å²) in [4.78, 5) is 2.61. The van der Waals surface area contributed by atoms with Crippen molar-refractivity contribution in [1.29, 1.82) is 0 Å². The Labute approximate surface area is 111 Å². The van der Waals surface area contributed by atoms with Gasteiger partial charge in [0, 0.05) is 25.2 Å². The average Bonchev–Trinajstić information content (AvgIpc) is 2.41. The number of benzene rings is 1. The molecule has 2 nitrogen and oxygen atoms in total. The molecular formula is C16H26N2. The highest BCUT2D eigenvalue weighted by atomic mass is 15.2. The van der Waals surface area contributed by atoms with E-state index >= 15 is 0 Å². The predicted octanol–water partition coefficient (Wildman–Crippen LogP) is 2.95. The summed E-state index contributed by atoms with van der Waals surface area (Å²) in [5.41, 5.74) is 8.96. The van der Waals surface area contributed by atoms with Crippen molar-refractivity contribution in [3.63, 3.8) is 0 Å². The Morgan fingerprint density at radius 3 is 2.78 bits per heavy atom. The van der Waals surface area contributed by atoms with Gasteiger partial charge in [-0.1, -0.05) is 38.1 Å². The van der Waals surface area contributed by atoms with Gasteiger partial charge in [-0.05, 0) is 36.8 Å². The van der Waals surface area contributed by atoms with Crippen LogP contribution in [-0.4, -0.2) is 23.5 Å². The molecule has 2 atom stereocenters. The van der Waals surface area contributed by atoms with Crippen molar-refractivity contribution in [3.8, 4) is 0 Å². The lowest BCUT2D eigenvalue weighted by Crippen LogP contribution is -2.46. The van der Waals surface area contributed by atoms with Gasteiger partial charge in [-0.2, -0.15) is 0 Å². The summed E-state index contributed by atoms with van der Waals surface area (Å²) in [5, 5.41) is 0. The summed E-state index contributed by atoms with van der Waals surface area (Å²) in [6, 6.07) is 10.1. The van der Waals surface area contributed by atoms with Crippen LogP contribution >= 0.6 is 0 Å². The third-order valence-corrected chi connectivity index (χ3v) is 4.13. The topological polar surface area (TPSA) is 29.3 Å². The number of piperidine rings is 1. The monoisotopic (exact) mass is 246 g/mol. The molecule has 0 aliphatic carbocycles. The number of nitrogens with zero attached hydrogens (tertiary/aromatic N) is 1. The van der Waals surface area contributed by atoms with E-state index in [2.05, 4.69) is 43.0 Å². The number of hydrogen-bond acceptors (Lipinski definition) is 2. The van der Waals surface area contributed by atoms with Gasteiger partial charge < -0.3 is 5.73 Å². The number of rotatable bonds is 4. The first-order chi connectivity index (χ1) is 8.72. The van der Waals surface area contributed by atoms with Crippen LogP contribution in [0.2, 0.25) is 0 Å². The lowest BCUT2D eigenvalue weighted by Gasteiger charge is -2.38. The van der Waals surface area contributed by atoms with Crippen molar-refractivity contribution in [1.82, 2.24) is 4.90 Å². The molecule has 1 aliphatic rings. The Morgan fingerprint density at radius 2 is 2.06 bits per heavy atom. The molecule has 1 saturated heterocycles. The highest BCUT2D eigenvalue weighted by Crippen LogP contribution is 2.21. The lowest BCUT2D eigenvalue weighted by atomic mass is 9.95. The van der Waals surface area contributed by atoms with Crippen molar-refractivity contribution in [2.24, 2.45) is 5.73 Å². The maximum Gasteiger partial charge on any atom is 0.0236 e. The van der Waals surface area contributed by atoms with E-state index in [0.29, 0.717) is 12.1 Å². The second-order valence-corrected chi connectivity index (χ2v) is 5.49. The van der Waals surface area contributed by atoms with Gasteiger partial charge in [0.15, 0.2) is 0 Å². The molecule has 18 heavy (non-hydrogen) atoms. The lowest BCUT2D eigenvalue weighted by molar-refractivity contribution is 0.124. The third kappa shape index (κ3) is 3.33. The number of hydrogen-bond donors (Lipinski definition) is 1. The zero-order valence-electron chi connectivity index (χ0n) is 11.7. The van der Waals surface area contributed by atoms with E-state index in [9.17, 15) is 0 Å². The number of likely N-dealkylation sites (tertiary alicyclic amines) is 1. The molecule has 1 aliphatic heterocycles. The summed E-state index contributed by atoms with van der Waals surface area (Å²) in [7, 11) is 0. The zero-order valence-corrected chi connectivity index (χ0v) is 11.7. The normalized spacial score (nSPS) is 25.3. The van der Waals surface area contributed by atoms with E-state index in [4.69, 9.17) is 5.73 Å². The molecule has 0 amide bonds. The highest BCUT2D eigenvalue weighted by Gasteiger charge is 2.25. The minimum atomic E-state index is 0.410.